The summed E-state index contributed by atoms with van der Waals surface area (Å²) in [5.41, 5.74) is -0.520. The molecule has 4 aromatic rings. The number of hydrogen-bond donors (Lipinski definition) is 2. The summed E-state index contributed by atoms with van der Waals surface area (Å²) in [4.78, 5) is 20.2. The molecule has 0 atom stereocenters. The molecule has 33 heavy (non-hydrogen) atoms. The van der Waals surface area contributed by atoms with Crippen LogP contribution in [0.4, 0.5) is 23.7 Å². The van der Waals surface area contributed by atoms with Crippen molar-refractivity contribution in [1.29, 1.82) is 0 Å². The van der Waals surface area contributed by atoms with Crippen LogP contribution < -0.4 is 14.8 Å². The molecular formula is C23H16F3N3O4. The average molecular weight is 455 g/mol. The predicted molar refractivity (Wildman–Crippen MR) is 113 cm³/mol. The maximum atomic E-state index is 12.9. The number of nitrogens with zero attached hydrogens (tertiary/aromatic N) is 2. The third-order valence-corrected chi connectivity index (χ3v) is 4.53. The monoisotopic (exact) mass is 455 g/mol. The molecule has 0 saturated carbocycles. The fourth-order valence-electron chi connectivity index (χ4n) is 3.04. The molecule has 0 saturated heterocycles. The van der Waals surface area contributed by atoms with E-state index in [4.69, 9.17) is 9.47 Å². The molecule has 4 rings (SSSR count). The van der Waals surface area contributed by atoms with Gasteiger partial charge in [0.1, 0.15) is 17.8 Å². The van der Waals surface area contributed by atoms with E-state index in [1.54, 1.807) is 36.4 Å². The fraction of sp³-hybridized carbons (Fsp3) is 0.0870. The van der Waals surface area contributed by atoms with Crippen molar-refractivity contribution in [3.63, 3.8) is 0 Å². The van der Waals surface area contributed by atoms with Gasteiger partial charge in [-0.2, -0.15) is 13.2 Å². The van der Waals surface area contributed by atoms with Crippen LogP contribution in [-0.2, 0) is 12.8 Å². The molecule has 10 heteroatoms. The number of carbonyl (C=O) groups excluding carboxylic acids is 1. The van der Waals surface area contributed by atoms with Gasteiger partial charge in [0.15, 0.2) is 0 Å². The first kappa shape index (κ1) is 22.0. The van der Waals surface area contributed by atoms with Gasteiger partial charge in [0.2, 0.25) is 5.88 Å². The normalized spacial score (nSPS) is 11.3. The Bertz CT molecular complexity index is 1310. The number of anilines is 1. The lowest BCUT2D eigenvalue weighted by atomic mass is 10.1. The van der Waals surface area contributed by atoms with Crippen LogP contribution in [0.25, 0.3) is 10.8 Å². The van der Waals surface area contributed by atoms with E-state index in [9.17, 15) is 23.1 Å². The summed E-state index contributed by atoms with van der Waals surface area (Å²) in [7, 11) is 0. The van der Waals surface area contributed by atoms with Crippen molar-refractivity contribution in [2.75, 3.05) is 5.32 Å². The number of hydrogen-bond acceptors (Lipinski definition) is 6. The zero-order valence-electron chi connectivity index (χ0n) is 16.8. The largest absolute Gasteiger partial charge is 0.439 e. The van der Waals surface area contributed by atoms with Gasteiger partial charge in [0.05, 0.1) is 17.9 Å². The highest BCUT2D eigenvalue weighted by Gasteiger charge is 2.30. The van der Waals surface area contributed by atoms with Crippen molar-refractivity contribution in [2.45, 2.75) is 12.8 Å². The van der Waals surface area contributed by atoms with Gasteiger partial charge in [-0.05, 0) is 47.9 Å². The molecule has 1 aromatic heterocycles. The highest BCUT2D eigenvalue weighted by atomic mass is 19.4. The number of nitrogens with one attached hydrogen (secondary N) is 1. The summed E-state index contributed by atoms with van der Waals surface area (Å²) >= 11 is 0. The van der Waals surface area contributed by atoms with E-state index in [-0.39, 0.29) is 23.9 Å². The smallest absolute Gasteiger partial charge is 0.417 e. The molecule has 0 aliphatic carbocycles. The first-order chi connectivity index (χ1) is 15.8. The summed E-state index contributed by atoms with van der Waals surface area (Å²) in [6.07, 6.45) is -4.18. The Balaban J connectivity index is 1.51. The Morgan fingerprint density at radius 3 is 2.61 bits per heavy atom. The van der Waals surface area contributed by atoms with Crippen molar-refractivity contribution in [1.82, 2.24) is 9.97 Å². The van der Waals surface area contributed by atoms with Gasteiger partial charge in [-0.15, -0.1) is 0 Å². The van der Waals surface area contributed by atoms with Crippen molar-refractivity contribution >= 4 is 22.6 Å². The van der Waals surface area contributed by atoms with Gasteiger partial charge in [-0.1, -0.05) is 18.2 Å². The number of aromatic nitrogens is 2. The van der Waals surface area contributed by atoms with Crippen molar-refractivity contribution in [2.24, 2.45) is 0 Å². The van der Waals surface area contributed by atoms with Gasteiger partial charge in [-0.25, -0.2) is 14.8 Å². The van der Waals surface area contributed by atoms with Crippen molar-refractivity contribution < 1.29 is 32.5 Å². The second-order valence-corrected chi connectivity index (χ2v) is 6.84. The Kier molecular flexibility index (Phi) is 6.09. The molecule has 1 amide bonds. The van der Waals surface area contributed by atoms with Crippen LogP contribution in [0.1, 0.15) is 11.3 Å². The molecule has 1 heterocycles. The van der Waals surface area contributed by atoms with Crippen molar-refractivity contribution in [3.8, 4) is 17.4 Å². The number of amides is 1. The zero-order valence-corrected chi connectivity index (χ0v) is 16.8. The van der Waals surface area contributed by atoms with Crippen molar-refractivity contribution in [3.05, 3.63) is 84.3 Å². The van der Waals surface area contributed by atoms with Crippen LogP contribution in [0, 0.1) is 0 Å². The molecule has 0 aliphatic rings. The zero-order chi connectivity index (χ0) is 23.4. The summed E-state index contributed by atoms with van der Waals surface area (Å²) < 4.78 is 49.6. The highest BCUT2D eigenvalue weighted by Crippen LogP contribution is 2.32. The molecular weight excluding hydrogens is 439 g/mol. The van der Waals surface area contributed by atoms with E-state index in [0.29, 0.717) is 22.2 Å². The molecule has 2 N–H and O–H groups in total. The van der Waals surface area contributed by atoms with E-state index in [1.807, 2.05) is 0 Å². The second-order valence-electron chi connectivity index (χ2n) is 6.84. The number of ether oxygens (including phenoxy) is 2. The second kappa shape index (κ2) is 9.13. The van der Waals surface area contributed by atoms with Crippen LogP contribution in [0.15, 0.2) is 73.1 Å². The molecule has 0 unspecified atom stereocenters. The quantitative estimate of drug-likeness (QED) is 0.410. The summed E-state index contributed by atoms with van der Waals surface area (Å²) in [5, 5.41) is 12.7. The first-order valence-electron chi connectivity index (χ1n) is 9.60. The lowest BCUT2D eigenvalue weighted by Gasteiger charge is -2.12. The molecule has 3 aromatic carbocycles. The maximum Gasteiger partial charge on any atom is 0.417 e. The van der Waals surface area contributed by atoms with E-state index < -0.39 is 17.8 Å². The van der Waals surface area contributed by atoms with E-state index in [1.165, 1.54) is 24.5 Å². The van der Waals surface area contributed by atoms with Gasteiger partial charge in [0, 0.05) is 17.1 Å². The van der Waals surface area contributed by atoms with Gasteiger partial charge >= 0.3 is 12.3 Å². The first-order valence-corrected chi connectivity index (χ1v) is 9.60. The number of benzene rings is 3. The topological polar surface area (TPSA) is 93.6 Å². The highest BCUT2D eigenvalue weighted by molar-refractivity contribution is 5.93. The fourth-order valence-corrected chi connectivity index (χ4v) is 3.04. The third kappa shape index (κ3) is 5.36. The number of carbonyl (C=O) groups is 1. The lowest BCUT2D eigenvalue weighted by Crippen LogP contribution is -2.17. The average Bonchev–Trinajstić information content (AvgIpc) is 2.79. The number of alkyl halides is 3. The van der Waals surface area contributed by atoms with Crippen LogP contribution in [0.2, 0.25) is 0 Å². The number of fused-ring (bicyclic) bond motifs is 1. The van der Waals surface area contributed by atoms with Crippen LogP contribution in [0.5, 0.6) is 17.4 Å². The van der Waals surface area contributed by atoms with Gasteiger partial charge in [0.25, 0.3) is 0 Å². The molecule has 168 valence electrons. The Hall–Kier alpha value is -4.18. The molecule has 0 spiro atoms. The van der Waals surface area contributed by atoms with Crippen LogP contribution in [-0.4, -0.2) is 21.2 Å². The van der Waals surface area contributed by atoms with Gasteiger partial charge < -0.3 is 14.6 Å². The molecule has 7 nitrogen and oxygen atoms in total. The summed E-state index contributed by atoms with van der Waals surface area (Å²) in [6.45, 7) is -0.250. The number of halogens is 3. The minimum absolute atomic E-state index is 0.0437. The lowest BCUT2D eigenvalue weighted by molar-refractivity contribution is -0.137. The van der Waals surface area contributed by atoms with E-state index >= 15 is 0 Å². The number of rotatable bonds is 5. The van der Waals surface area contributed by atoms with E-state index in [2.05, 4.69) is 15.3 Å². The molecule has 0 bridgehead atoms. The summed E-state index contributed by atoms with van der Waals surface area (Å²) in [5.74, 6) is 0.921. The predicted octanol–water partition coefficient (Wildman–Crippen LogP) is 5.54. The molecule has 0 fully saturated rings. The Labute approximate surface area is 185 Å². The molecule has 0 radical (unpaired) electrons. The standard InChI is InChI=1S/C23H16F3N3O4/c24-23(25,26)15-4-2-5-16(10-15)29-22(31)33-20-6-1-3-14-9-18(7-8-19(14)20)32-21-11-17(12-30)27-13-28-21/h1-11,13,30H,12H2,(H,29,31). The number of aliphatic hydroxyl groups excluding tert-OH is 1. The summed E-state index contributed by atoms with van der Waals surface area (Å²) in [6, 6.07) is 15.8. The van der Waals surface area contributed by atoms with Gasteiger partial charge in [-0.3, -0.25) is 5.32 Å². The van der Waals surface area contributed by atoms with E-state index in [0.717, 1.165) is 12.1 Å². The van der Waals surface area contributed by atoms with Crippen LogP contribution >= 0.6 is 0 Å². The SMILES string of the molecule is O=C(Nc1cccc(C(F)(F)F)c1)Oc1cccc2cc(Oc3cc(CO)ncn3)ccc12. The molecule has 0 aliphatic heterocycles. The Morgan fingerprint density at radius 2 is 1.82 bits per heavy atom. The maximum absolute atomic E-state index is 12.9. The Morgan fingerprint density at radius 1 is 1.00 bits per heavy atom. The van der Waals surface area contributed by atoms with Crippen LogP contribution in [0.3, 0.4) is 0 Å². The third-order valence-electron chi connectivity index (χ3n) is 4.53. The minimum atomic E-state index is -4.53. The number of aliphatic hydroxyl groups is 1. The minimum Gasteiger partial charge on any atom is -0.439 e.